The molecule has 0 aromatic heterocycles. The van der Waals surface area contributed by atoms with Gasteiger partial charge in [-0.2, -0.15) is 0 Å². The van der Waals surface area contributed by atoms with Gasteiger partial charge in [0.1, 0.15) is 17.4 Å². The molecule has 5 heteroatoms. The summed E-state index contributed by atoms with van der Waals surface area (Å²) in [7, 11) is 0. The summed E-state index contributed by atoms with van der Waals surface area (Å²) >= 11 is 7.29. The number of benzene rings is 2. The molecule has 0 atom stereocenters. The fraction of sp³-hybridized carbons (Fsp3) is 0.133. The molecule has 0 fully saturated rings. The monoisotopic (exact) mass is 312 g/mol. The zero-order valence-corrected chi connectivity index (χ0v) is 12.0. The Morgan fingerprint density at radius 1 is 1.10 bits per heavy atom. The third-order valence-corrected chi connectivity index (χ3v) is 4.12. The van der Waals surface area contributed by atoms with Gasteiger partial charge in [-0.05, 0) is 29.8 Å². The van der Waals surface area contributed by atoms with Crippen molar-refractivity contribution in [3.8, 4) is 0 Å². The second-order valence-electron chi connectivity index (χ2n) is 4.21. The Balaban J connectivity index is 1.94. The first-order chi connectivity index (χ1) is 9.54. The molecular weight excluding hydrogens is 302 g/mol. The topological polar surface area (TPSA) is 17.1 Å². The molecule has 0 heterocycles. The average Bonchev–Trinajstić information content (AvgIpc) is 2.36. The maximum absolute atomic E-state index is 13.0. The summed E-state index contributed by atoms with van der Waals surface area (Å²) in [6.07, 6.45) is 0.00608. The minimum atomic E-state index is -0.674. The van der Waals surface area contributed by atoms with Gasteiger partial charge in [0.2, 0.25) is 0 Å². The third-order valence-electron chi connectivity index (χ3n) is 2.55. The van der Waals surface area contributed by atoms with Gasteiger partial charge in [-0.3, -0.25) is 4.79 Å². The molecule has 104 valence electrons. The fourth-order valence-corrected chi connectivity index (χ4v) is 2.81. The van der Waals surface area contributed by atoms with E-state index in [4.69, 9.17) is 11.6 Å². The number of halogens is 3. The molecule has 0 saturated heterocycles. The van der Waals surface area contributed by atoms with Crippen molar-refractivity contribution in [2.45, 2.75) is 11.3 Å². The molecular formula is C15H11ClF2OS. The van der Waals surface area contributed by atoms with Crippen molar-refractivity contribution >= 4 is 29.1 Å². The summed E-state index contributed by atoms with van der Waals surface area (Å²) in [4.78, 5) is 12.6. The number of ketones is 1. The molecule has 0 aliphatic heterocycles. The van der Waals surface area contributed by atoms with Gasteiger partial charge in [0.15, 0.2) is 0 Å². The summed E-state index contributed by atoms with van der Waals surface area (Å²) in [5, 5.41) is 0.585. The number of carbonyl (C=O) groups is 1. The van der Waals surface area contributed by atoms with Crippen LogP contribution in [0.4, 0.5) is 8.78 Å². The Labute approximate surface area is 125 Å². The van der Waals surface area contributed by atoms with Crippen LogP contribution in [0.25, 0.3) is 0 Å². The molecule has 0 amide bonds. The highest BCUT2D eigenvalue weighted by Crippen LogP contribution is 2.26. The fourth-order valence-electron chi connectivity index (χ4n) is 1.71. The van der Waals surface area contributed by atoms with Crippen LogP contribution in [0, 0.1) is 11.6 Å². The molecule has 0 radical (unpaired) electrons. The largest absolute Gasteiger partial charge is 0.298 e. The molecule has 2 aromatic rings. The smallest absolute Gasteiger partial charge is 0.147 e. The van der Waals surface area contributed by atoms with E-state index in [2.05, 4.69) is 0 Å². The zero-order chi connectivity index (χ0) is 14.5. The first kappa shape index (κ1) is 15.0. The quantitative estimate of drug-likeness (QED) is 0.755. The second-order valence-corrected chi connectivity index (χ2v) is 5.64. The SMILES string of the molecule is O=C(CSc1ccccc1Cl)Cc1cc(F)cc(F)c1. The van der Waals surface area contributed by atoms with Gasteiger partial charge < -0.3 is 0 Å². The second kappa shape index (κ2) is 6.86. The van der Waals surface area contributed by atoms with Crippen molar-refractivity contribution < 1.29 is 13.6 Å². The maximum atomic E-state index is 13.0. The number of carbonyl (C=O) groups excluding carboxylic acids is 1. The summed E-state index contributed by atoms with van der Waals surface area (Å²) in [6, 6.07) is 10.3. The summed E-state index contributed by atoms with van der Waals surface area (Å²) < 4.78 is 26.0. The van der Waals surface area contributed by atoms with E-state index in [-0.39, 0.29) is 18.0 Å². The number of thioether (sulfide) groups is 1. The van der Waals surface area contributed by atoms with E-state index < -0.39 is 11.6 Å². The lowest BCUT2D eigenvalue weighted by atomic mass is 10.1. The molecule has 1 nitrogen and oxygen atoms in total. The van der Waals surface area contributed by atoms with Crippen LogP contribution >= 0.6 is 23.4 Å². The van der Waals surface area contributed by atoms with E-state index in [1.54, 1.807) is 6.07 Å². The van der Waals surface area contributed by atoms with Crippen molar-refractivity contribution in [1.29, 1.82) is 0 Å². The maximum Gasteiger partial charge on any atom is 0.147 e. The lowest BCUT2D eigenvalue weighted by Crippen LogP contribution is -2.06. The zero-order valence-electron chi connectivity index (χ0n) is 10.4. The van der Waals surface area contributed by atoms with Crippen LogP contribution in [0.1, 0.15) is 5.56 Å². The predicted octanol–water partition coefficient (Wildman–Crippen LogP) is 4.52. The van der Waals surface area contributed by atoms with E-state index in [1.807, 2.05) is 18.2 Å². The Kier molecular flexibility index (Phi) is 5.15. The number of Topliss-reactive ketones (excluding diaryl/α,β-unsaturated/α-hetero) is 1. The molecule has 20 heavy (non-hydrogen) atoms. The van der Waals surface area contributed by atoms with Gasteiger partial charge >= 0.3 is 0 Å². The Morgan fingerprint density at radius 3 is 2.40 bits per heavy atom. The molecule has 0 spiro atoms. The molecule has 2 aromatic carbocycles. The Bertz CT molecular complexity index is 611. The third kappa shape index (κ3) is 4.32. The first-order valence-corrected chi connectivity index (χ1v) is 7.25. The molecule has 0 aliphatic carbocycles. The van der Waals surface area contributed by atoms with Crippen molar-refractivity contribution in [3.05, 3.63) is 64.7 Å². The number of hydrogen-bond donors (Lipinski definition) is 0. The van der Waals surface area contributed by atoms with Gasteiger partial charge in [0.05, 0.1) is 10.8 Å². The molecule has 0 unspecified atom stereocenters. The highest BCUT2D eigenvalue weighted by molar-refractivity contribution is 8.00. The van der Waals surface area contributed by atoms with Gasteiger partial charge in [-0.25, -0.2) is 8.78 Å². The standard InChI is InChI=1S/C15H11ClF2OS/c16-14-3-1-2-4-15(14)20-9-13(19)7-10-5-11(17)8-12(18)6-10/h1-6,8H,7,9H2. The minimum Gasteiger partial charge on any atom is -0.298 e. The molecule has 0 N–H and O–H groups in total. The van der Waals surface area contributed by atoms with Crippen molar-refractivity contribution in [3.63, 3.8) is 0 Å². The number of hydrogen-bond acceptors (Lipinski definition) is 2. The van der Waals surface area contributed by atoms with Crippen molar-refractivity contribution in [2.75, 3.05) is 5.75 Å². The van der Waals surface area contributed by atoms with Gasteiger partial charge in [0, 0.05) is 17.4 Å². The summed E-state index contributed by atoms with van der Waals surface area (Å²) in [5.41, 5.74) is 0.340. The lowest BCUT2D eigenvalue weighted by molar-refractivity contribution is -0.116. The molecule has 2 rings (SSSR count). The van der Waals surface area contributed by atoms with Gasteiger partial charge in [-0.1, -0.05) is 23.7 Å². The van der Waals surface area contributed by atoms with Crippen molar-refractivity contribution in [1.82, 2.24) is 0 Å². The van der Waals surface area contributed by atoms with Crippen LogP contribution in [0.5, 0.6) is 0 Å². The predicted molar refractivity (Wildman–Crippen MR) is 77.2 cm³/mol. The average molecular weight is 313 g/mol. The molecule has 0 bridgehead atoms. The normalized spacial score (nSPS) is 10.6. The van der Waals surface area contributed by atoms with Crippen LogP contribution in [0.3, 0.4) is 0 Å². The van der Waals surface area contributed by atoms with Crippen LogP contribution < -0.4 is 0 Å². The first-order valence-electron chi connectivity index (χ1n) is 5.88. The van der Waals surface area contributed by atoms with E-state index in [1.165, 1.54) is 23.9 Å². The molecule has 0 saturated carbocycles. The highest BCUT2D eigenvalue weighted by Gasteiger charge is 2.08. The van der Waals surface area contributed by atoms with E-state index in [0.717, 1.165) is 11.0 Å². The van der Waals surface area contributed by atoms with E-state index in [9.17, 15) is 13.6 Å². The van der Waals surface area contributed by atoms with Crippen molar-refractivity contribution in [2.24, 2.45) is 0 Å². The Morgan fingerprint density at radius 2 is 1.75 bits per heavy atom. The highest BCUT2D eigenvalue weighted by atomic mass is 35.5. The summed E-state index contributed by atoms with van der Waals surface area (Å²) in [5.74, 6) is -1.25. The number of rotatable bonds is 5. The summed E-state index contributed by atoms with van der Waals surface area (Å²) in [6.45, 7) is 0. The van der Waals surface area contributed by atoms with Crippen LogP contribution in [-0.4, -0.2) is 11.5 Å². The Hall–Kier alpha value is -1.39. The van der Waals surface area contributed by atoms with Crippen LogP contribution in [0.15, 0.2) is 47.4 Å². The van der Waals surface area contributed by atoms with Gasteiger partial charge in [-0.15, -0.1) is 11.8 Å². The van der Waals surface area contributed by atoms with E-state index in [0.29, 0.717) is 10.6 Å². The molecule has 0 aliphatic rings. The minimum absolute atomic E-state index is 0.00608. The van der Waals surface area contributed by atoms with Crippen LogP contribution in [0.2, 0.25) is 5.02 Å². The van der Waals surface area contributed by atoms with E-state index >= 15 is 0 Å². The van der Waals surface area contributed by atoms with Crippen LogP contribution in [-0.2, 0) is 11.2 Å². The van der Waals surface area contributed by atoms with Gasteiger partial charge in [0.25, 0.3) is 0 Å². The lowest BCUT2D eigenvalue weighted by Gasteiger charge is -2.04.